The van der Waals surface area contributed by atoms with Gasteiger partial charge >= 0.3 is 6.18 Å². The van der Waals surface area contributed by atoms with Crippen molar-refractivity contribution >= 4 is 21.6 Å². The van der Waals surface area contributed by atoms with Gasteiger partial charge in [-0.25, -0.2) is 12.8 Å². The lowest BCUT2D eigenvalue weighted by Gasteiger charge is -2.23. The van der Waals surface area contributed by atoms with Crippen molar-refractivity contribution in [2.75, 3.05) is 4.72 Å². The van der Waals surface area contributed by atoms with Crippen molar-refractivity contribution in [3.63, 3.8) is 0 Å². The number of amides is 1. The second-order valence-corrected chi connectivity index (χ2v) is 9.72. The summed E-state index contributed by atoms with van der Waals surface area (Å²) in [4.78, 5) is 14.1. The monoisotopic (exact) mass is 508 g/mol. The lowest BCUT2D eigenvalue weighted by Crippen LogP contribution is -2.37. The molecule has 1 aliphatic heterocycles. The summed E-state index contributed by atoms with van der Waals surface area (Å²) < 4.78 is 85.8. The first-order valence-electron chi connectivity index (χ1n) is 10.5. The Hall–Kier alpha value is -3.60. The fourth-order valence-electron chi connectivity index (χ4n) is 3.69. The fourth-order valence-corrected chi connectivity index (χ4v) is 4.74. The second kappa shape index (κ2) is 9.21. The van der Waals surface area contributed by atoms with Gasteiger partial charge in [0.05, 0.1) is 10.5 Å². The topological polar surface area (TPSA) is 75.7 Å². The minimum absolute atomic E-state index is 0.0130. The van der Waals surface area contributed by atoms with Gasteiger partial charge in [0.15, 0.2) is 6.10 Å². The number of hydrogen-bond acceptors (Lipinski definition) is 4. The van der Waals surface area contributed by atoms with Crippen LogP contribution in [0.4, 0.5) is 23.2 Å². The zero-order chi connectivity index (χ0) is 25.4. The van der Waals surface area contributed by atoms with Crippen LogP contribution in [0, 0.1) is 5.82 Å². The van der Waals surface area contributed by atoms with Crippen LogP contribution in [0.1, 0.15) is 23.6 Å². The van der Waals surface area contributed by atoms with Crippen LogP contribution >= 0.6 is 0 Å². The Kier molecular flexibility index (Phi) is 6.46. The van der Waals surface area contributed by atoms with Crippen molar-refractivity contribution in [2.24, 2.45) is 0 Å². The van der Waals surface area contributed by atoms with Gasteiger partial charge in [0.1, 0.15) is 11.6 Å². The van der Waals surface area contributed by atoms with E-state index in [-0.39, 0.29) is 29.2 Å². The fraction of sp³-hybridized carbons (Fsp3) is 0.208. The van der Waals surface area contributed by atoms with E-state index in [4.69, 9.17) is 4.74 Å². The van der Waals surface area contributed by atoms with E-state index < -0.39 is 39.6 Å². The van der Waals surface area contributed by atoms with Crippen LogP contribution in [0.25, 0.3) is 0 Å². The van der Waals surface area contributed by atoms with E-state index in [1.54, 1.807) is 0 Å². The molecule has 184 valence electrons. The largest absolute Gasteiger partial charge is 0.481 e. The lowest BCUT2D eigenvalue weighted by atomic mass is 10.1. The van der Waals surface area contributed by atoms with E-state index in [1.807, 2.05) is 0 Å². The number of benzene rings is 3. The van der Waals surface area contributed by atoms with Gasteiger partial charge in [-0.3, -0.25) is 9.52 Å². The predicted octanol–water partition coefficient (Wildman–Crippen LogP) is 4.96. The molecule has 6 nitrogen and oxygen atoms in total. The smallest absolute Gasteiger partial charge is 0.416 e. The van der Waals surface area contributed by atoms with Crippen LogP contribution in [-0.2, 0) is 34.1 Å². The number of anilines is 1. The van der Waals surface area contributed by atoms with Gasteiger partial charge in [-0.1, -0.05) is 12.1 Å². The van der Waals surface area contributed by atoms with Crippen molar-refractivity contribution in [3.05, 3.63) is 89.2 Å². The molecule has 4 rings (SSSR count). The molecule has 1 unspecified atom stereocenters. The van der Waals surface area contributed by atoms with Crippen LogP contribution in [0.5, 0.6) is 5.75 Å². The van der Waals surface area contributed by atoms with E-state index in [9.17, 15) is 30.8 Å². The van der Waals surface area contributed by atoms with Gasteiger partial charge in [-0.15, -0.1) is 0 Å². The standard InChI is InChI=1S/C24H20F4N2O4S/c1-15-23(31)30(13-16-3-2-4-18(11-16)24(26,27)28)14-17-12-20(7-10-22(17)34-15)29-35(32,33)21-8-5-19(25)6-9-21/h2-12,15,29H,13-14H2,1H3. The SMILES string of the molecule is CC1Oc2ccc(NS(=O)(=O)c3ccc(F)cc3)cc2CN(Cc2cccc(C(F)(F)F)c2)C1=O. The summed E-state index contributed by atoms with van der Waals surface area (Å²) in [5, 5.41) is 0. The number of hydrogen-bond donors (Lipinski definition) is 1. The molecule has 1 heterocycles. The number of carbonyl (C=O) groups is 1. The Morgan fingerprint density at radius 2 is 1.77 bits per heavy atom. The summed E-state index contributed by atoms with van der Waals surface area (Å²) in [6.07, 6.45) is -5.41. The molecule has 1 amide bonds. The normalized spacial score (nSPS) is 16.3. The number of sulfonamides is 1. The predicted molar refractivity (Wildman–Crippen MR) is 119 cm³/mol. The van der Waals surface area contributed by atoms with Crippen LogP contribution < -0.4 is 9.46 Å². The quantitative estimate of drug-likeness (QED) is 0.495. The molecule has 11 heteroatoms. The molecule has 0 aromatic heterocycles. The van der Waals surface area contributed by atoms with Crippen LogP contribution in [0.2, 0.25) is 0 Å². The highest BCUT2D eigenvalue weighted by Gasteiger charge is 2.32. The van der Waals surface area contributed by atoms with E-state index >= 15 is 0 Å². The highest BCUT2D eigenvalue weighted by Crippen LogP contribution is 2.32. The molecular formula is C24H20F4N2O4S. The molecule has 1 N–H and O–H groups in total. The van der Waals surface area contributed by atoms with Crippen molar-refractivity contribution in [1.29, 1.82) is 0 Å². The molecule has 0 fully saturated rings. The van der Waals surface area contributed by atoms with Crippen molar-refractivity contribution in [1.82, 2.24) is 4.90 Å². The maximum Gasteiger partial charge on any atom is 0.416 e. The van der Waals surface area contributed by atoms with Crippen molar-refractivity contribution in [3.8, 4) is 5.75 Å². The van der Waals surface area contributed by atoms with E-state index in [1.165, 1.54) is 42.2 Å². The Morgan fingerprint density at radius 1 is 1.06 bits per heavy atom. The number of alkyl halides is 3. The highest BCUT2D eigenvalue weighted by molar-refractivity contribution is 7.92. The molecule has 3 aromatic carbocycles. The van der Waals surface area contributed by atoms with E-state index in [2.05, 4.69) is 4.72 Å². The van der Waals surface area contributed by atoms with Crippen molar-refractivity contribution in [2.45, 2.75) is 37.2 Å². The molecule has 3 aromatic rings. The summed E-state index contributed by atoms with van der Waals surface area (Å²) in [5.74, 6) is -0.653. The first-order chi connectivity index (χ1) is 16.4. The Bertz CT molecular complexity index is 1360. The summed E-state index contributed by atoms with van der Waals surface area (Å²) in [7, 11) is -4.01. The Labute approximate surface area is 199 Å². The third kappa shape index (κ3) is 5.56. The van der Waals surface area contributed by atoms with Gasteiger partial charge in [-0.05, 0) is 67.1 Å². The van der Waals surface area contributed by atoms with Gasteiger partial charge in [0.2, 0.25) is 0 Å². The molecule has 0 bridgehead atoms. The Morgan fingerprint density at radius 3 is 2.46 bits per heavy atom. The molecule has 35 heavy (non-hydrogen) atoms. The number of ether oxygens (including phenoxy) is 1. The summed E-state index contributed by atoms with van der Waals surface area (Å²) in [6, 6.07) is 13.5. The summed E-state index contributed by atoms with van der Waals surface area (Å²) in [5.41, 5.74) is 0.114. The number of nitrogens with zero attached hydrogens (tertiary/aromatic N) is 1. The average molecular weight is 508 g/mol. The zero-order valence-electron chi connectivity index (χ0n) is 18.3. The summed E-state index contributed by atoms with van der Waals surface area (Å²) in [6.45, 7) is 1.42. The first kappa shape index (κ1) is 24.5. The average Bonchev–Trinajstić information content (AvgIpc) is 2.90. The number of halogens is 4. The van der Waals surface area contributed by atoms with E-state index in [0.717, 1.165) is 36.4 Å². The van der Waals surface area contributed by atoms with Gasteiger partial charge < -0.3 is 9.64 Å². The maximum absolute atomic E-state index is 13.1. The molecule has 0 saturated heterocycles. The van der Waals surface area contributed by atoms with Gasteiger partial charge in [0, 0.05) is 24.3 Å². The minimum Gasteiger partial charge on any atom is -0.481 e. The molecule has 0 radical (unpaired) electrons. The lowest BCUT2D eigenvalue weighted by molar-refractivity contribution is -0.138. The highest BCUT2D eigenvalue weighted by atomic mass is 32.2. The second-order valence-electron chi connectivity index (χ2n) is 8.03. The molecule has 0 spiro atoms. The molecular weight excluding hydrogens is 488 g/mol. The van der Waals surface area contributed by atoms with Crippen LogP contribution in [-0.4, -0.2) is 25.3 Å². The number of nitrogens with one attached hydrogen (secondary N) is 1. The van der Waals surface area contributed by atoms with Crippen LogP contribution in [0.3, 0.4) is 0 Å². The molecule has 0 saturated carbocycles. The molecule has 1 aliphatic rings. The number of fused-ring (bicyclic) bond motifs is 1. The third-order valence-corrected chi connectivity index (χ3v) is 6.79. The van der Waals surface area contributed by atoms with E-state index in [0.29, 0.717) is 11.3 Å². The molecule has 0 aliphatic carbocycles. The van der Waals surface area contributed by atoms with Crippen LogP contribution in [0.15, 0.2) is 71.6 Å². The maximum atomic E-state index is 13.1. The van der Waals surface area contributed by atoms with Gasteiger partial charge in [0.25, 0.3) is 15.9 Å². The zero-order valence-corrected chi connectivity index (χ0v) is 19.2. The van der Waals surface area contributed by atoms with Crippen molar-refractivity contribution < 1.29 is 35.5 Å². The molecule has 1 atom stereocenters. The minimum atomic E-state index is -4.52. The Balaban J connectivity index is 1.60. The summed E-state index contributed by atoms with van der Waals surface area (Å²) >= 11 is 0. The first-order valence-corrected chi connectivity index (χ1v) is 11.9. The number of carbonyl (C=O) groups excluding carboxylic acids is 1. The van der Waals surface area contributed by atoms with Gasteiger partial charge in [-0.2, -0.15) is 13.2 Å². The number of rotatable bonds is 5. The third-order valence-electron chi connectivity index (χ3n) is 5.39.